The van der Waals surface area contributed by atoms with Crippen molar-refractivity contribution in [2.75, 3.05) is 20.1 Å². The first-order valence-corrected chi connectivity index (χ1v) is 12.2. The molecule has 8 heteroatoms. The van der Waals surface area contributed by atoms with E-state index in [1.807, 2.05) is 35.2 Å². The normalized spacial score (nSPS) is 14.0. The summed E-state index contributed by atoms with van der Waals surface area (Å²) in [6.07, 6.45) is 2.50. The molecular weight excluding hydrogens is 442 g/mol. The Morgan fingerprint density at radius 2 is 2.03 bits per heavy atom. The topological polar surface area (TPSA) is 71.5 Å². The standard InChI is InChI=1S/C24H23N3O3S2/c1-4-18-21(23(28)25-3)15-6-5-14(9-19(15)31-18)30-17-7-8-26-16-10-20(32-22(16)17)24(29)27-11-13(2)12-27/h5-10,13H,4,11-12H2,1-3H3,(H,25,28). The van der Waals surface area contributed by atoms with E-state index >= 15 is 0 Å². The molecule has 0 radical (unpaired) electrons. The first-order valence-electron chi connectivity index (χ1n) is 10.6. The Bertz CT molecular complexity index is 1350. The Hall–Kier alpha value is -2.97. The minimum Gasteiger partial charge on any atom is -0.456 e. The highest BCUT2D eigenvalue weighted by molar-refractivity contribution is 7.21. The third kappa shape index (κ3) is 3.53. The van der Waals surface area contributed by atoms with Gasteiger partial charge in [0.15, 0.2) is 0 Å². The van der Waals surface area contributed by atoms with E-state index in [1.54, 1.807) is 24.6 Å². The molecule has 5 rings (SSSR count). The van der Waals surface area contributed by atoms with Crippen molar-refractivity contribution in [2.24, 2.45) is 5.92 Å². The highest BCUT2D eigenvalue weighted by atomic mass is 32.1. The zero-order valence-corrected chi connectivity index (χ0v) is 19.7. The Morgan fingerprint density at radius 3 is 2.75 bits per heavy atom. The van der Waals surface area contributed by atoms with E-state index in [0.29, 0.717) is 22.3 Å². The molecule has 2 amide bonds. The molecule has 0 saturated carbocycles. The first-order chi connectivity index (χ1) is 15.5. The minimum absolute atomic E-state index is 0.0610. The molecule has 3 aromatic heterocycles. The zero-order chi connectivity index (χ0) is 22.4. The molecule has 1 fully saturated rings. The van der Waals surface area contributed by atoms with Gasteiger partial charge in [-0.1, -0.05) is 13.8 Å². The molecule has 1 aliphatic rings. The third-order valence-electron chi connectivity index (χ3n) is 5.68. The maximum Gasteiger partial charge on any atom is 0.264 e. The number of nitrogens with one attached hydrogen (secondary N) is 1. The first kappa shape index (κ1) is 20.9. The van der Waals surface area contributed by atoms with Crippen molar-refractivity contribution in [3.05, 3.63) is 51.8 Å². The number of carbonyl (C=O) groups excluding carboxylic acids is 2. The number of aryl methyl sites for hydroxylation is 1. The molecule has 1 aliphatic heterocycles. The second-order valence-corrected chi connectivity index (χ2v) is 10.2. The number of hydrogen-bond donors (Lipinski definition) is 1. The number of hydrogen-bond acceptors (Lipinski definition) is 6. The molecule has 4 aromatic rings. The lowest BCUT2D eigenvalue weighted by molar-refractivity contribution is 0.0535. The predicted molar refractivity (Wildman–Crippen MR) is 129 cm³/mol. The second kappa shape index (κ2) is 8.18. The van der Waals surface area contributed by atoms with Gasteiger partial charge in [-0.15, -0.1) is 22.7 Å². The lowest BCUT2D eigenvalue weighted by atomic mass is 10.0. The van der Waals surface area contributed by atoms with Gasteiger partial charge < -0.3 is 15.0 Å². The van der Waals surface area contributed by atoms with Gasteiger partial charge in [-0.05, 0) is 36.6 Å². The maximum absolute atomic E-state index is 12.7. The summed E-state index contributed by atoms with van der Waals surface area (Å²) in [4.78, 5) is 33.1. The van der Waals surface area contributed by atoms with E-state index in [1.165, 1.54) is 11.3 Å². The van der Waals surface area contributed by atoms with E-state index in [9.17, 15) is 9.59 Å². The molecule has 0 atom stereocenters. The molecule has 6 nitrogen and oxygen atoms in total. The van der Waals surface area contributed by atoms with Crippen LogP contribution in [0.4, 0.5) is 0 Å². The zero-order valence-electron chi connectivity index (χ0n) is 18.1. The van der Waals surface area contributed by atoms with Crippen LogP contribution in [0.15, 0.2) is 36.5 Å². The van der Waals surface area contributed by atoms with Crippen LogP contribution < -0.4 is 10.1 Å². The smallest absolute Gasteiger partial charge is 0.264 e. The van der Waals surface area contributed by atoms with Crippen molar-refractivity contribution >= 4 is 54.8 Å². The van der Waals surface area contributed by atoms with Gasteiger partial charge >= 0.3 is 0 Å². The van der Waals surface area contributed by atoms with Gasteiger partial charge in [0.25, 0.3) is 11.8 Å². The van der Waals surface area contributed by atoms with Gasteiger partial charge in [-0.2, -0.15) is 0 Å². The molecule has 4 heterocycles. The van der Waals surface area contributed by atoms with Crippen LogP contribution >= 0.6 is 22.7 Å². The van der Waals surface area contributed by atoms with Gasteiger partial charge in [0.05, 0.1) is 20.7 Å². The molecular formula is C24H23N3O3S2. The largest absolute Gasteiger partial charge is 0.456 e. The summed E-state index contributed by atoms with van der Waals surface area (Å²) < 4.78 is 8.10. The number of pyridine rings is 1. The number of thiophene rings is 2. The predicted octanol–water partition coefficient (Wildman–Crippen LogP) is 5.32. The van der Waals surface area contributed by atoms with Crippen LogP contribution in [0.1, 0.15) is 38.8 Å². The Morgan fingerprint density at radius 1 is 1.22 bits per heavy atom. The van der Waals surface area contributed by atoms with Gasteiger partial charge in [-0.3, -0.25) is 14.6 Å². The van der Waals surface area contributed by atoms with Crippen molar-refractivity contribution in [2.45, 2.75) is 20.3 Å². The lowest BCUT2D eigenvalue weighted by Crippen LogP contribution is -2.48. The number of fused-ring (bicyclic) bond motifs is 2. The second-order valence-electron chi connectivity index (χ2n) is 8.04. The van der Waals surface area contributed by atoms with Crippen LogP contribution in [0.2, 0.25) is 0 Å². The van der Waals surface area contributed by atoms with Crippen molar-refractivity contribution < 1.29 is 14.3 Å². The van der Waals surface area contributed by atoms with Gasteiger partial charge in [0.2, 0.25) is 0 Å². The number of nitrogens with zero attached hydrogens (tertiary/aromatic N) is 2. The average Bonchev–Trinajstić information content (AvgIpc) is 3.37. The third-order valence-corrected chi connectivity index (χ3v) is 8.10. The number of likely N-dealkylation sites (tertiary alicyclic amines) is 1. The number of carbonyl (C=O) groups is 2. The summed E-state index contributed by atoms with van der Waals surface area (Å²) in [5.74, 6) is 1.93. The van der Waals surface area contributed by atoms with Crippen molar-refractivity contribution in [3.8, 4) is 11.5 Å². The lowest BCUT2D eigenvalue weighted by Gasteiger charge is -2.36. The summed E-state index contributed by atoms with van der Waals surface area (Å²) in [6.45, 7) is 5.82. The number of benzene rings is 1. The van der Waals surface area contributed by atoms with Gasteiger partial charge in [0, 0.05) is 47.4 Å². The summed E-state index contributed by atoms with van der Waals surface area (Å²) in [5.41, 5.74) is 1.51. The summed E-state index contributed by atoms with van der Waals surface area (Å²) >= 11 is 3.04. The van der Waals surface area contributed by atoms with Crippen molar-refractivity contribution in [1.82, 2.24) is 15.2 Å². The van der Waals surface area contributed by atoms with Crippen molar-refractivity contribution in [3.63, 3.8) is 0 Å². The number of rotatable bonds is 5. The molecule has 1 N–H and O–H groups in total. The highest BCUT2D eigenvalue weighted by Crippen LogP contribution is 2.39. The van der Waals surface area contributed by atoms with Crippen LogP contribution in [0.25, 0.3) is 20.3 Å². The summed E-state index contributed by atoms with van der Waals surface area (Å²) in [5, 5.41) is 3.68. The fraction of sp³-hybridized carbons (Fsp3) is 0.292. The van der Waals surface area contributed by atoms with Crippen LogP contribution in [0, 0.1) is 5.92 Å². The number of amides is 2. The fourth-order valence-corrected chi connectivity index (χ4v) is 6.27. The summed E-state index contributed by atoms with van der Waals surface area (Å²) in [7, 11) is 1.65. The molecule has 0 aliphatic carbocycles. The van der Waals surface area contributed by atoms with E-state index in [2.05, 4.69) is 24.1 Å². The molecule has 1 saturated heterocycles. The molecule has 32 heavy (non-hydrogen) atoms. The van der Waals surface area contributed by atoms with Gasteiger partial charge in [0.1, 0.15) is 11.5 Å². The minimum atomic E-state index is -0.0648. The van der Waals surface area contributed by atoms with E-state index in [0.717, 1.165) is 50.3 Å². The maximum atomic E-state index is 12.7. The molecule has 164 valence electrons. The number of aromatic nitrogens is 1. The number of ether oxygens (including phenoxy) is 1. The van der Waals surface area contributed by atoms with E-state index < -0.39 is 0 Å². The Balaban J connectivity index is 1.47. The SMILES string of the molecule is CCc1sc2cc(Oc3ccnc4cc(C(=O)N5CC(C)C5)sc34)ccc2c1C(=O)NC. The quantitative estimate of drug-likeness (QED) is 0.433. The molecule has 0 spiro atoms. The van der Waals surface area contributed by atoms with Crippen LogP contribution in [0.3, 0.4) is 0 Å². The van der Waals surface area contributed by atoms with Crippen molar-refractivity contribution in [1.29, 1.82) is 0 Å². The molecule has 0 bridgehead atoms. The van der Waals surface area contributed by atoms with E-state index in [4.69, 9.17) is 4.74 Å². The van der Waals surface area contributed by atoms with Crippen LogP contribution in [0.5, 0.6) is 11.5 Å². The highest BCUT2D eigenvalue weighted by Gasteiger charge is 2.29. The van der Waals surface area contributed by atoms with E-state index in [-0.39, 0.29) is 11.8 Å². The molecule has 1 aromatic carbocycles. The average molecular weight is 466 g/mol. The monoisotopic (exact) mass is 465 g/mol. The van der Waals surface area contributed by atoms with Gasteiger partial charge in [-0.25, -0.2) is 0 Å². The Labute approximate surface area is 193 Å². The fourth-order valence-electron chi connectivity index (χ4n) is 4.06. The summed E-state index contributed by atoms with van der Waals surface area (Å²) in [6, 6.07) is 9.47. The van der Waals surface area contributed by atoms with Crippen LogP contribution in [-0.2, 0) is 6.42 Å². The Kier molecular flexibility index (Phi) is 5.35. The van der Waals surface area contributed by atoms with Crippen LogP contribution in [-0.4, -0.2) is 41.8 Å². The molecule has 0 unspecified atom stereocenters.